The third-order valence-electron chi connectivity index (χ3n) is 3.19. The van der Waals surface area contributed by atoms with Gasteiger partial charge < -0.3 is 15.2 Å². The summed E-state index contributed by atoms with van der Waals surface area (Å²) in [6.07, 6.45) is 0.722. The number of benzene rings is 2. The molecule has 4 heteroatoms. The summed E-state index contributed by atoms with van der Waals surface area (Å²) in [4.78, 5) is 0. The highest BCUT2D eigenvalue weighted by Crippen LogP contribution is 2.28. The molecule has 20 heavy (non-hydrogen) atoms. The second-order valence-electron chi connectivity index (χ2n) is 4.56. The van der Waals surface area contributed by atoms with E-state index in [9.17, 15) is 0 Å². The van der Waals surface area contributed by atoms with Crippen LogP contribution in [0.2, 0.25) is 5.02 Å². The summed E-state index contributed by atoms with van der Waals surface area (Å²) in [5.41, 5.74) is 8.35. The number of hydrogen-bond donors (Lipinski definition) is 1. The van der Waals surface area contributed by atoms with E-state index < -0.39 is 0 Å². The van der Waals surface area contributed by atoms with Crippen LogP contribution in [0.1, 0.15) is 17.2 Å². The van der Waals surface area contributed by atoms with Gasteiger partial charge in [0.05, 0.1) is 19.2 Å². The fraction of sp³-hybridized carbons (Fsp3) is 0.250. The van der Waals surface area contributed by atoms with Crippen LogP contribution in [0.25, 0.3) is 0 Å². The second kappa shape index (κ2) is 6.64. The van der Waals surface area contributed by atoms with E-state index in [0.29, 0.717) is 10.8 Å². The zero-order valence-corrected chi connectivity index (χ0v) is 12.4. The van der Waals surface area contributed by atoms with Crippen molar-refractivity contribution in [1.29, 1.82) is 0 Å². The maximum Gasteiger partial charge on any atom is 0.137 e. The molecule has 0 fully saturated rings. The molecule has 0 saturated heterocycles. The van der Waals surface area contributed by atoms with Gasteiger partial charge in [-0.15, -0.1) is 0 Å². The Morgan fingerprint density at radius 1 is 1.10 bits per heavy atom. The smallest absolute Gasteiger partial charge is 0.137 e. The lowest BCUT2D eigenvalue weighted by atomic mass is 9.99. The molecule has 2 aromatic carbocycles. The number of hydrogen-bond acceptors (Lipinski definition) is 3. The molecule has 0 aliphatic carbocycles. The molecule has 0 radical (unpaired) electrons. The standard InChI is InChI=1S/C16H18ClNO2/c1-19-13-5-3-4-11(8-13)9-15(18)12-6-7-16(20-2)14(17)10-12/h3-8,10,15H,9,18H2,1-2H3. The van der Waals surface area contributed by atoms with Gasteiger partial charge in [0.25, 0.3) is 0 Å². The van der Waals surface area contributed by atoms with Gasteiger partial charge in [-0.1, -0.05) is 29.8 Å². The first-order valence-corrected chi connectivity index (χ1v) is 6.73. The topological polar surface area (TPSA) is 44.5 Å². The lowest BCUT2D eigenvalue weighted by molar-refractivity contribution is 0.414. The first-order valence-electron chi connectivity index (χ1n) is 6.36. The third-order valence-corrected chi connectivity index (χ3v) is 3.49. The summed E-state index contributed by atoms with van der Waals surface area (Å²) < 4.78 is 10.4. The van der Waals surface area contributed by atoms with Crippen molar-refractivity contribution in [3.63, 3.8) is 0 Å². The van der Waals surface area contributed by atoms with Gasteiger partial charge >= 0.3 is 0 Å². The molecule has 2 rings (SSSR count). The Kier molecular flexibility index (Phi) is 4.88. The number of halogens is 1. The van der Waals surface area contributed by atoms with E-state index in [2.05, 4.69) is 0 Å². The van der Waals surface area contributed by atoms with Gasteiger partial charge in [0.1, 0.15) is 11.5 Å². The van der Waals surface area contributed by atoms with Crippen molar-refractivity contribution in [1.82, 2.24) is 0 Å². The predicted octanol–water partition coefficient (Wildman–Crippen LogP) is 3.60. The highest BCUT2D eigenvalue weighted by atomic mass is 35.5. The van der Waals surface area contributed by atoms with Crippen LogP contribution in [0.4, 0.5) is 0 Å². The van der Waals surface area contributed by atoms with Crippen LogP contribution in [-0.2, 0) is 6.42 Å². The molecule has 1 atom stereocenters. The molecule has 1 unspecified atom stereocenters. The van der Waals surface area contributed by atoms with E-state index >= 15 is 0 Å². The molecule has 0 aliphatic rings. The molecule has 106 valence electrons. The molecule has 0 saturated carbocycles. The van der Waals surface area contributed by atoms with Gasteiger partial charge in [0, 0.05) is 6.04 Å². The Morgan fingerprint density at radius 2 is 1.90 bits per heavy atom. The fourth-order valence-electron chi connectivity index (χ4n) is 2.08. The summed E-state index contributed by atoms with van der Waals surface area (Å²) >= 11 is 6.12. The van der Waals surface area contributed by atoms with Crippen molar-refractivity contribution in [2.24, 2.45) is 5.73 Å². The van der Waals surface area contributed by atoms with Crippen molar-refractivity contribution in [3.8, 4) is 11.5 Å². The van der Waals surface area contributed by atoms with E-state index in [4.69, 9.17) is 26.8 Å². The molecule has 3 nitrogen and oxygen atoms in total. The lowest BCUT2D eigenvalue weighted by Crippen LogP contribution is -2.13. The summed E-state index contributed by atoms with van der Waals surface area (Å²) in [6.45, 7) is 0. The molecule has 0 spiro atoms. The van der Waals surface area contributed by atoms with Crippen LogP contribution in [0.5, 0.6) is 11.5 Å². The van der Waals surface area contributed by atoms with Crippen molar-refractivity contribution < 1.29 is 9.47 Å². The largest absolute Gasteiger partial charge is 0.497 e. The highest BCUT2D eigenvalue weighted by Gasteiger charge is 2.10. The van der Waals surface area contributed by atoms with Gasteiger partial charge in [0.2, 0.25) is 0 Å². The molecule has 0 aliphatic heterocycles. The quantitative estimate of drug-likeness (QED) is 0.915. The number of rotatable bonds is 5. The van der Waals surface area contributed by atoms with Crippen LogP contribution in [0, 0.1) is 0 Å². The Balaban J connectivity index is 2.14. The van der Waals surface area contributed by atoms with E-state index in [1.165, 1.54) is 0 Å². The van der Waals surface area contributed by atoms with Crippen LogP contribution in [0.3, 0.4) is 0 Å². The van der Waals surface area contributed by atoms with E-state index in [-0.39, 0.29) is 6.04 Å². The van der Waals surface area contributed by atoms with E-state index in [1.54, 1.807) is 14.2 Å². The van der Waals surface area contributed by atoms with E-state index in [1.807, 2.05) is 42.5 Å². The molecular weight excluding hydrogens is 274 g/mol. The Morgan fingerprint density at radius 3 is 2.55 bits per heavy atom. The number of nitrogens with two attached hydrogens (primary N) is 1. The maximum atomic E-state index is 6.24. The number of ether oxygens (including phenoxy) is 2. The molecular formula is C16H18ClNO2. The molecule has 2 N–H and O–H groups in total. The average Bonchev–Trinajstić information content (AvgIpc) is 2.47. The molecule has 2 aromatic rings. The van der Waals surface area contributed by atoms with Crippen LogP contribution < -0.4 is 15.2 Å². The normalized spacial score (nSPS) is 12.0. The lowest BCUT2D eigenvalue weighted by Gasteiger charge is -2.14. The summed E-state index contributed by atoms with van der Waals surface area (Å²) in [6, 6.07) is 13.4. The van der Waals surface area contributed by atoms with Gasteiger partial charge in [-0.25, -0.2) is 0 Å². The summed E-state index contributed by atoms with van der Waals surface area (Å²) in [5.74, 6) is 1.49. The van der Waals surface area contributed by atoms with Crippen LogP contribution >= 0.6 is 11.6 Å². The van der Waals surface area contributed by atoms with E-state index in [0.717, 1.165) is 23.3 Å². The molecule has 0 aromatic heterocycles. The first-order chi connectivity index (χ1) is 9.63. The Bertz CT molecular complexity index is 586. The summed E-state index contributed by atoms with van der Waals surface area (Å²) in [5, 5.41) is 0.575. The van der Waals surface area contributed by atoms with Gasteiger partial charge in [-0.3, -0.25) is 0 Å². The average molecular weight is 292 g/mol. The van der Waals surface area contributed by atoms with Crippen molar-refractivity contribution in [2.75, 3.05) is 14.2 Å². The highest BCUT2D eigenvalue weighted by molar-refractivity contribution is 6.32. The van der Waals surface area contributed by atoms with Gasteiger partial charge in [-0.2, -0.15) is 0 Å². The predicted molar refractivity (Wildman–Crippen MR) is 81.6 cm³/mol. The van der Waals surface area contributed by atoms with Crippen LogP contribution in [-0.4, -0.2) is 14.2 Å². The minimum atomic E-state index is -0.120. The fourth-order valence-corrected chi connectivity index (χ4v) is 2.35. The first kappa shape index (κ1) is 14.7. The molecule has 0 bridgehead atoms. The monoisotopic (exact) mass is 291 g/mol. The molecule has 0 amide bonds. The zero-order chi connectivity index (χ0) is 14.5. The minimum absolute atomic E-state index is 0.120. The second-order valence-corrected chi connectivity index (χ2v) is 4.96. The van der Waals surface area contributed by atoms with Crippen molar-refractivity contribution in [2.45, 2.75) is 12.5 Å². The van der Waals surface area contributed by atoms with Gasteiger partial charge in [0.15, 0.2) is 0 Å². The Hall–Kier alpha value is -1.71. The zero-order valence-electron chi connectivity index (χ0n) is 11.6. The summed E-state index contributed by atoms with van der Waals surface area (Å²) in [7, 11) is 3.25. The van der Waals surface area contributed by atoms with Crippen molar-refractivity contribution in [3.05, 3.63) is 58.6 Å². The maximum absolute atomic E-state index is 6.24. The van der Waals surface area contributed by atoms with Crippen molar-refractivity contribution >= 4 is 11.6 Å². The number of methoxy groups -OCH3 is 2. The molecule has 0 heterocycles. The van der Waals surface area contributed by atoms with Crippen LogP contribution in [0.15, 0.2) is 42.5 Å². The minimum Gasteiger partial charge on any atom is -0.497 e. The third kappa shape index (κ3) is 3.44. The SMILES string of the molecule is COc1cccc(CC(N)c2ccc(OC)c(Cl)c2)c1. The Labute approximate surface area is 124 Å². The van der Waals surface area contributed by atoms with Gasteiger partial charge in [-0.05, 0) is 41.8 Å².